The van der Waals surface area contributed by atoms with Crippen LogP contribution >= 0.6 is 0 Å². The predicted octanol–water partition coefficient (Wildman–Crippen LogP) is 1.33. The Morgan fingerprint density at radius 2 is 2.14 bits per heavy atom. The lowest BCUT2D eigenvalue weighted by Gasteiger charge is -2.28. The first-order chi connectivity index (χ1) is 9.92. The average molecular weight is 299 g/mol. The van der Waals surface area contributed by atoms with Crippen molar-refractivity contribution in [2.45, 2.75) is 51.1 Å². The first-order valence-electron chi connectivity index (χ1n) is 8.15. The van der Waals surface area contributed by atoms with E-state index in [1.807, 2.05) is 13.8 Å². The van der Waals surface area contributed by atoms with E-state index in [2.05, 4.69) is 29.2 Å². The lowest BCUT2D eigenvalue weighted by Crippen LogP contribution is -2.50. The lowest BCUT2D eigenvalue weighted by atomic mass is 9.94. The van der Waals surface area contributed by atoms with Crippen molar-refractivity contribution >= 4 is 5.97 Å². The minimum atomic E-state index is -0.541. The van der Waals surface area contributed by atoms with E-state index in [1.54, 1.807) is 0 Å². The Morgan fingerprint density at radius 3 is 2.67 bits per heavy atom. The molecule has 1 aliphatic heterocycles. The molecule has 2 atom stereocenters. The van der Waals surface area contributed by atoms with Crippen LogP contribution in [0.1, 0.15) is 39.5 Å². The summed E-state index contributed by atoms with van der Waals surface area (Å²) in [6.45, 7) is 8.25. The summed E-state index contributed by atoms with van der Waals surface area (Å²) in [5.41, 5.74) is -0.541. The second kappa shape index (κ2) is 8.71. The summed E-state index contributed by atoms with van der Waals surface area (Å²) in [6.07, 6.45) is 4.28. The van der Waals surface area contributed by atoms with Gasteiger partial charge in [-0.3, -0.25) is 4.79 Å². The Kier molecular flexibility index (Phi) is 7.63. The van der Waals surface area contributed by atoms with E-state index in [1.165, 1.54) is 26.6 Å². The fraction of sp³-hybridized carbons (Fsp3) is 0.938. The van der Waals surface area contributed by atoms with Gasteiger partial charge in [-0.05, 0) is 66.3 Å². The minimum absolute atomic E-state index is 0.154. The van der Waals surface area contributed by atoms with Gasteiger partial charge in [0.25, 0.3) is 0 Å². The van der Waals surface area contributed by atoms with Gasteiger partial charge in [0.1, 0.15) is 5.54 Å². The molecule has 1 N–H and O–H groups in total. The summed E-state index contributed by atoms with van der Waals surface area (Å²) in [5, 5.41) is 3.27. The average Bonchev–Trinajstić information content (AvgIpc) is 2.92. The van der Waals surface area contributed by atoms with E-state index in [4.69, 9.17) is 4.74 Å². The SMILES string of the molecule is CCNC(C)(CCCCN1CCC(N(C)C)C1)C(=O)OC. The van der Waals surface area contributed by atoms with Crippen LogP contribution in [0.2, 0.25) is 0 Å². The number of likely N-dealkylation sites (N-methyl/N-ethyl adjacent to an activating group) is 2. The molecule has 1 heterocycles. The zero-order valence-corrected chi connectivity index (χ0v) is 14.4. The van der Waals surface area contributed by atoms with Gasteiger partial charge in [0, 0.05) is 12.6 Å². The predicted molar refractivity (Wildman–Crippen MR) is 86.5 cm³/mol. The number of rotatable bonds is 9. The van der Waals surface area contributed by atoms with E-state index in [0.29, 0.717) is 6.04 Å². The molecule has 1 fully saturated rings. The number of esters is 1. The molecule has 0 aliphatic carbocycles. The Balaban J connectivity index is 2.27. The first kappa shape index (κ1) is 18.4. The maximum Gasteiger partial charge on any atom is 0.325 e. The quantitative estimate of drug-likeness (QED) is 0.514. The third-order valence-corrected chi connectivity index (χ3v) is 4.58. The van der Waals surface area contributed by atoms with Gasteiger partial charge in [0.2, 0.25) is 0 Å². The van der Waals surface area contributed by atoms with Crippen LogP contribution in [-0.2, 0) is 9.53 Å². The summed E-state index contributed by atoms with van der Waals surface area (Å²) in [7, 11) is 5.78. The number of ether oxygens (including phenoxy) is 1. The van der Waals surface area contributed by atoms with E-state index in [-0.39, 0.29) is 5.97 Å². The molecule has 0 spiro atoms. The van der Waals surface area contributed by atoms with Crippen LogP contribution < -0.4 is 5.32 Å². The first-order valence-corrected chi connectivity index (χ1v) is 8.15. The van der Waals surface area contributed by atoms with Crippen molar-refractivity contribution in [3.8, 4) is 0 Å². The molecule has 0 bridgehead atoms. The Morgan fingerprint density at radius 1 is 1.43 bits per heavy atom. The van der Waals surface area contributed by atoms with Crippen LogP contribution in [0.15, 0.2) is 0 Å². The van der Waals surface area contributed by atoms with Gasteiger partial charge >= 0.3 is 5.97 Å². The van der Waals surface area contributed by atoms with Crippen LogP contribution in [0, 0.1) is 0 Å². The van der Waals surface area contributed by atoms with Gasteiger partial charge in [-0.25, -0.2) is 0 Å². The molecular weight excluding hydrogens is 266 g/mol. The van der Waals surface area contributed by atoms with E-state index >= 15 is 0 Å². The number of nitrogens with one attached hydrogen (secondary N) is 1. The Labute approximate surface area is 130 Å². The monoisotopic (exact) mass is 299 g/mol. The van der Waals surface area contributed by atoms with Crippen LogP contribution in [0.5, 0.6) is 0 Å². The number of methoxy groups -OCH3 is 1. The summed E-state index contributed by atoms with van der Waals surface area (Å²) in [5.74, 6) is -0.154. The second-order valence-electron chi connectivity index (χ2n) is 6.52. The molecule has 0 radical (unpaired) electrons. The number of hydrogen-bond donors (Lipinski definition) is 1. The third kappa shape index (κ3) is 5.57. The van der Waals surface area contributed by atoms with Crippen molar-refractivity contribution in [2.75, 3.05) is 47.4 Å². The fourth-order valence-electron chi connectivity index (χ4n) is 3.13. The molecule has 1 rings (SSSR count). The highest BCUT2D eigenvalue weighted by Crippen LogP contribution is 2.18. The highest BCUT2D eigenvalue weighted by molar-refractivity contribution is 5.80. The van der Waals surface area contributed by atoms with Crippen molar-refractivity contribution in [2.24, 2.45) is 0 Å². The molecular formula is C16H33N3O2. The Hall–Kier alpha value is -0.650. The van der Waals surface area contributed by atoms with Crippen molar-refractivity contribution in [1.29, 1.82) is 0 Å². The van der Waals surface area contributed by atoms with Crippen LogP contribution in [0.3, 0.4) is 0 Å². The smallest absolute Gasteiger partial charge is 0.325 e. The molecule has 0 aromatic carbocycles. The van der Waals surface area contributed by atoms with Crippen LogP contribution in [-0.4, -0.2) is 74.7 Å². The van der Waals surface area contributed by atoms with E-state index < -0.39 is 5.54 Å². The zero-order valence-electron chi connectivity index (χ0n) is 14.4. The Bertz CT molecular complexity index is 323. The summed E-state index contributed by atoms with van der Waals surface area (Å²) >= 11 is 0. The molecule has 1 saturated heterocycles. The minimum Gasteiger partial charge on any atom is -0.468 e. The number of likely N-dealkylation sites (tertiary alicyclic amines) is 1. The fourth-order valence-corrected chi connectivity index (χ4v) is 3.13. The molecule has 0 amide bonds. The maximum absolute atomic E-state index is 11.9. The second-order valence-corrected chi connectivity index (χ2v) is 6.52. The number of nitrogens with zero attached hydrogens (tertiary/aromatic N) is 2. The molecule has 1 aliphatic rings. The van der Waals surface area contributed by atoms with Gasteiger partial charge in [-0.2, -0.15) is 0 Å². The van der Waals surface area contributed by atoms with Gasteiger partial charge in [0.15, 0.2) is 0 Å². The molecule has 0 saturated carbocycles. The van der Waals surface area contributed by atoms with Crippen LogP contribution in [0.25, 0.3) is 0 Å². The molecule has 0 aromatic rings. The standard InChI is InChI=1S/C16H33N3O2/c1-6-17-16(2,15(20)21-5)10-7-8-11-19-12-9-14(13-19)18(3)4/h14,17H,6-13H2,1-5H3. The van der Waals surface area contributed by atoms with Crippen molar-refractivity contribution in [3.63, 3.8) is 0 Å². The number of unbranched alkanes of at least 4 members (excludes halogenated alkanes) is 1. The molecule has 5 nitrogen and oxygen atoms in total. The molecule has 5 heteroatoms. The van der Waals surface area contributed by atoms with E-state index in [9.17, 15) is 4.79 Å². The summed E-state index contributed by atoms with van der Waals surface area (Å²) in [4.78, 5) is 16.7. The number of carbonyl (C=O) groups excluding carboxylic acids is 1. The third-order valence-electron chi connectivity index (χ3n) is 4.58. The topological polar surface area (TPSA) is 44.8 Å². The molecule has 124 valence electrons. The number of carbonyl (C=O) groups is 1. The summed E-state index contributed by atoms with van der Waals surface area (Å²) in [6, 6.07) is 0.701. The lowest BCUT2D eigenvalue weighted by molar-refractivity contribution is -0.148. The van der Waals surface area contributed by atoms with Gasteiger partial charge in [0.05, 0.1) is 7.11 Å². The van der Waals surface area contributed by atoms with Crippen molar-refractivity contribution in [3.05, 3.63) is 0 Å². The largest absolute Gasteiger partial charge is 0.468 e. The normalized spacial score (nSPS) is 22.5. The summed E-state index contributed by atoms with van der Waals surface area (Å²) < 4.78 is 4.92. The zero-order chi connectivity index (χ0) is 15.9. The molecule has 21 heavy (non-hydrogen) atoms. The molecule has 2 unspecified atom stereocenters. The highest BCUT2D eigenvalue weighted by Gasteiger charge is 2.32. The van der Waals surface area contributed by atoms with Crippen LogP contribution in [0.4, 0.5) is 0 Å². The number of hydrogen-bond acceptors (Lipinski definition) is 5. The van der Waals surface area contributed by atoms with Gasteiger partial charge < -0.3 is 19.9 Å². The highest BCUT2D eigenvalue weighted by atomic mass is 16.5. The van der Waals surface area contributed by atoms with Gasteiger partial charge in [-0.15, -0.1) is 0 Å². The van der Waals surface area contributed by atoms with Gasteiger partial charge in [-0.1, -0.05) is 6.92 Å². The maximum atomic E-state index is 11.9. The van der Waals surface area contributed by atoms with Crippen molar-refractivity contribution in [1.82, 2.24) is 15.1 Å². The molecule has 0 aromatic heterocycles. The van der Waals surface area contributed by atoms with Crippen molar-refractivity contribution < 1.29 is 9.53 Å². The van der Waals surface area contributed by atoms with E-state index in [0.717, 1.165) is 32.4 Å².